The molecule has 6 nitrogen and oxygen atoms in total. The number of carbonyl (C=O) groups is 1. The number of carboxylic acids is 1. The van der Waals surface area contributed by atoms with Crippen LogP contribution in [-0.2, 0) is 14.8 Å². The third-order valence-electron chi connectivity index (χ3n) is 4.78. The number of hydrogen-bond acceptors (Lipinski definition) is 4. The van der Waals surface area contributed by atoms with Crippen LogP contribution < -0.4 is 0 Å². The second-order valence-electron chi connectivity index (χ2n) is 6.54. The second-order valence-corrected chi connectivity index (χ2v) is 8.48. The van der Waals surface area contributed by atoms with Crippen LogP contribution in [0.25, 0.3) is 0 Å². The summed E-state index contributed by atoms with van der Waals surface area (Å²) in [4.78, 5) is 13.0. The van der Waals surface area contributed by atoms with Gasteiger partial charge in [0.15, 0.2) is 0 Å². The molecule has 1 heterocycles. The Morgan fingerprint density at radius 2 is 1.96 bits per heavy atom. The summed E-state index contributed by atoms with van der Waals surface area (Å²) < 4.78 is 27.3. The number of benzene rings is 1. The minimum atomic E-state index is -3.50. The van der Waals surface area contributed by atoms with Crippen molar-refractivity contribution in [2.45, 2.75) is 44.0 Å². The van der Waals surface area contributed by atoms with Crippen molar-refractivity contribution in [1.29, 1.82) is 0 Å². The van der Waals surface area contributed by atoms with Gasteiger partial charge in [-0.3, -0.25) is 9.69 Å². The van der Waals surface area contributed by atoms with E-state index in [0.29, 0.717) is 24.4 Å². The average molecular weight is 354 g/mol. The molecule has 0 aliphatic carbocycles. The van der Waals surface area contributed by atoms with Crippen molar-refractivity contribution in [3.05, 3.63) is 29.3 Å². The zero-order chi connectivity index (χ0) is 17.9. The van der Waals surface area contributed by atoms with E-state index >= 15 is 0 Å². The number of aliphatic carboxylic acids is 1. The Morgan fingerprint density at radius 3 is 2.58 bits per heavy atom. The summed E-state index contributed by atoms with van der Waals surface area (Å²) >= 11 is 0. The molecule has 0 bridgehead atoms. The zero-order valence-corrected chi connectivity index (χ0v) is 15.3. The van der Waals surface area contributed by atoms with Crippen LogP contribution in [0.5, 0.6) is 0 Å². The first-order valence-electron chi connectivity index (χ1n) is 8.21. The molecule has 0 saturated carbocycles. The Bertz CT molecular complexity index is 703. The SMILES string of the molecule is Cc1ccc(S(=O)(=O)N2CCCC(N(C)CC(=O)O)CC2)cc1C. The Labute approximate surface area is 144 Å². The molecular weight excluding hydrogens is 328 g/mol. The summed E-state index contributed by atoms with van der Waals surface area (Å²) in [5, 5.41) is 8.92. The Morgan fingerprint density at radius 1 is 1.25 bits per heavy atom. The minimum Gasteiger partial charge on any atom is -0.480 e. The van der Waals surface area contributed by atoms with E-state index in [1.54, 1.807) is 24.1 Å². The van der Waals surface area contributed by atoms with Crippen molar-refractivity contribution in [2.24, 2.45) is 0 Å². The van der Waals surface area contributed by atoms with Gasteiger partial charge in [-0.05, 0) is 63.4 Å². The molecule has 0 aromatic heterocycles. The third kappa shape index (κ3) is 4.34. The largest absolute Gasteiger partial charge is 0.480 e. The Hall–Kier alpha value is -1.44. The minimum absolute atomic E-state index is 0.0193. The van der Waals surface area contributed by atoms with Crippen molar-refractivity contribution in [3.63, 3.8) is 0 Å². The quantitative estimate of drug-likeness (QED) is 0.873. The van der Waals surface area contributed by atoms with Gasteiger partial charge in [-0.15, -0.1) is 0 Å². The highest BCUT2D eigenvalue weighted by Gasteiger charge is 2.29. The van der Waals surface area contributed by atoms with E-state index in [1.807, 2.05) is 19.9 Å². The van der Waals surface area contributed by atoms with Crippen LogP contribution in [0.1, 0.15) is 30.4 Å². The van der Waals surface area contributed by atoms with Crippen molar-refractivity contribution >= 4 is 16.0 Å². The van der Waals surface area contributed by atoms with Gasteiger partial charge in [-0.25, -0.2) is 8.42 Å². The van der Waals surface area contributed by atoms with Crippen LogP contribution >= 0.6 is 0 Å². The lowest BCUT2D eigenvalue weighted by Gasteiger charge is -2.25. The number of carboxylic acid groups (broad SMARTS) is 1. The molecule has 1 N–H and O–H groups in total. The number of likely N-dealkylation sites (N-methyl/N-ethyl adjacent to an activating group) is 1. The van der Waals surface area contributed by atoms with Gasteiger partial charge in [0.1, 0.15) is 0 Å². The maximum Gasteiger partial charge on any atom is 0.317 e. The van der Waals surface area contributed by atoms with Crippen molar-refractivity contribution in [1.82, 2.24) is 9.21 Å². The van der Waals surface area contributed by atoms with E-state index in [-0.39, 0.29) is 12.6 Å². The van der Waals surface area contributed by atoms with Crippen LogP contribution in [-0.4, -0.2) is 61.4 Å². The molecule has 1 aliphatic heterocycles. The highest BCUT2D eigenvalue weighted by Crippen LogP contribution is 2.23. The molecule has 0 amide bonds. The summed E-state index contributed by atoms with van der Waals surface area (Å²) in [7, 11) is -1.71. The lowest BCUT2D eigenvalue weighted by atomic mass is 10.1. The summed E-state index contributed by atoms with van der Waals surface area (Å²) in [6, 6.07) is 5.32. The van der Waals surface area contributed by atoms with Crippen LogP contribution in [0.3, 0.4) is 0 Å². The van der Waals surface area contributed by atoms with E-state index in [4.69, 9.17) is 5.11 Å². The lowest BCUT2D eigenvalue weighted by molar-refractivity contribution is -0.138. The van der Waals surface area contributed by atoms with Gasteiger partial charge in [-0.2, -0.15) is 4.31 Å². The maximum absolute atomic E-state index is 12.9. The molecule has 1 aliphatic rings. The molecule has 0 radical (unpaired) electrons. The summed E-state index contributed by atoms with van der Waals surface area (Å²) in [5.74, 6) is -0.860. The van der Waals surface area contributed by atoms with Crippen LogP contribution in [0.4, 0.5) is 0 Å². The molecule has 7 heteroatoms. The van der Waals surface area contributed by atoms with Gasteiger partial charge in [0.05, 0.1) is 11.4 Å². The summed E-state index contributed by atoms with van der Waals surface area (Å²) in [6.45, 7) is 4.75. The molecule has 2 rings (SSSR count). The normalized spacial score (nSPS) is 20.1. The molecule has 0 spiro atoms. The van der Waals surface area contributed by atoms with E-state index in [1.165, 1.54) is 4.31 Å². The van der Waals surface area contributed by atoms with Crippen molar-refractivity contribution < 1.29 is 18.3 Å². The van der Waals surface area contributed by atoms with Gasteiger partial charge >= 0.3 is 5.97 Å². The second kappa shape index (κ2) is 7.63. The van der Waals surface area contributed by atoms with Gasteiger partial charge in [0, 0.05) is 19.1 Å². The smallest absolute Gasteiger partial charge is 0.317 e. The maximum atomic E-state index is 12.9. The number of nitrogens with zero attached hydrogens (tertiary/aromatic N) is 2. The van der Waals surface area contributed by atoms with E-state index < -0.39 is 16.0 Å². The molecular formula is C17H26N2O4S. The Kier molecular flexibility index (Phi) is 6.01. The molecule has 134 valence electrons. The van der Waals surface area contributed by atoms with Gasteiger partial charge in [-0.1, -0.05) is 6.07 Å². The first kappa shape index (κ1) is 18.9. The fourth-order valence-corrected chi connectivity index (χ4v) is 4.68. The molecule has 1 aromatic carbocycles. The monoisotopic (exact) mass is 354 g/mol. The fraction of sp³-hybridized carbons (Fsp3) is 0.588. The first-order valence-corrected chi connectivity index (χ1v) is 9.65. The number of sulfonamides is 1. The highest BCUT2D eigenvalue weighted by molar-refractivity contribution is 7.89. The zero-order valence-electron chi connectivity index (χ0n) is 14.5. The van der Waals surface area contributed by atoms with Gasteiger partial charge < -0.3 is 5.11 Å². The fourth-order valence-electron chi connectivity index (χ4n) is 3.10. The molecule has 1 unspecified atom stereocenters. The molecule has 1 atom stereocenters. The van der Waals surface area contributed by atoms with Crippen LogP contribution in [0.15, 0.2) is 23.1 Å². The first-order chi connectivity index (χ1) is 11.2. The third-order valence-corrected chi connectivity index (χ3v) is 6.68. The van der Waals surface area contributed by atoms with Crippen LogP contribution in [0, 0.1) is 13.8 Å². The Balaban J connectivity index is 2.12. The lowest BCUT2D eigenvalue weighted by Crippen LogP contribution is -2.37. The van der Waals surface area contributed by atoms with E-state index in [9.17, 15) is 13.2 Å². The van der Waals surface area contributed by atoms with E-state index in [2.05, 4.69) is 0 Å². The summed E-state index contributed by atoms with van der Waals surface area (Å²) in [6.07, 6.45) is 2.19. The molecule has 1 saturated heterocycles. The number of aryl methyl sites for hydroxylation is 2. The predicted octanol–water partition coefficient (Wildman–Crippen LogP) is 1.86. The number of hydrogen-bond donors (Lipinski definition) is 1. The molecule has 1 aromatic rings. The predicted molar refractivity (Wildman–Crippen MR) is 92.6 cm³/mol. The number of rotatable bonds is 5. The van der Waals surface area contributed by atoms with E-state index in [0.717, 1.165) is 24.0 Å². The molecule has 1 fully saturated rings. The summed E-state index contributed by atoms with van der Waals surface area (Å²) in [5.41, 5.74) is 2.03. The van der Waals surface area contributed by atoms with Gasteiger partial charge in [0.25, 0.3) is 0 Å². The standard InChI is InChI=1S/C17H26N2O4S/c1-13-6-7-16(11-14(13)2)24(22,23)19-9-4-5-15(8-10-19)18(3)12-17(20)21/h6-7,11,15H,4-5,8-10,12H2,1-3H3,(H,20,21). The van der Waals surface area contributed by atoms with Crippen molar-refractivity contribution in [3.8, 4) is 0 Å². The average Bonchev–Trinajstić information content (AvgIpc) is 2.75. The highest BCUT2D eigenvalue weighted by atomic mass is 32.2. The van der Waals surface area contributed by atoms with Crippen LogP contribution in [0.2, 0.25) is 0 Å². The van der Waals surface area contributed by atoms with Crippen molar-refractivity contribution in [2.75, 3.05) is 26.7 Å². The van der Waals surface area contributed by atoms with Gasteiger partial charge in [0.2, 0.25) is 10.0 Å². The topological polar surface area (TPSA) is 77.9 Å². The molecule has 24 heavy (non-hydrogen) atoms.